The van der Waals surface area contributed by atoms with Gasteiger partial charge in [0.1, 0.15) is 12.1 Å². The van der Waals surface area contributed by atoms with E-state index in [9.17, 15) is 0 Å². The SMILES string of the molecule is C/C=N\Nc1cc(C)ncn1. The summed E-state index contributed by atoms with van der Waals surface area (Å²) in [5.41, 5.74) is 3.68. The highest BCUT2D eigenvalue weighted by atomic mass is 15.3. The average Bonchev–Trinajstić information content (AvgIpc) is 2.01. The van der Waals surface area contributed by atoms with Crippen LogP contribution in [0.1, 0.15) is 12.6 Å². The van der Waals surface area contributed by atoms with Crippen LogP contribution >= 0.6 is 0 Å². The number of hydrogen-bond donors (Lipinski definition) is 1. The van der Waals surface area contributed by atoms with Crippen molar-refractivity contribution in [2.24, 2.45) is 5.10 Å². The molecular formula is C7H10N4. The van der Waals surface area contributed by atoms with E-state index in [2.05, 4.69) is 20.5 Å². The molecule has 0 bridgehead atoms. The number of nitrogens with one attached hydrogen (secondary N) is 1. The van der Waals surface area contributed by atoms with Crippen LogP contribution < -0.4 is 5.43 Å². The predicted molar refractivity (Wildman–Crippen MR) is 44.6 cm³/mol. The molecule has 0 fully saturated rings. The lowest BCUT2D eigenvalue weighted by atomic mass is 10.4. The van der Waals surface area contributed by atoms with E-state index in [0.717, 1.165) is 11.5 Å². The highest BCUT2D eigenvalue weighted by Gasteiger charge is 1.89. The van der Waals surface area contributed by atoms with Crippen molar-refractivity contribution in [3.8, 4) is 0 Å². The average molecular weight is 150 g/mol. The van der Waals surface area contributed by atoms with Gasteiger partial charge in [-0.3, -0.25) is 5.43 Å². The quantitative estimate of drug-likeness (QED) is 0.509. The number of hydrogen-bond acceptors (Lipinski definition) is 4. The van der Waals surface area contributed by atoms with Crippen molar-refractivity contribution >= 4 is 12.0 Å². The van der Waals surface area contributed by atoms with Gasteiger partial charge in [0.2, 0.25) is 0 Å². The van der Waals surface area contributed by atoms with Gasteiger partial charge in [-0.05, 0) is 13.8 Å². The van der Waals surface area contributed by atoms with E-state index < -0.39 is 0 Å². The molecule has 0 aliphatic rings. The second-order valence-corrected chi connectivity index (χ2v) is 2.04. The Bertz CT molecular complexity index is 256. The zero-order chi connectivity index (χ0) is 8.10. The van der Waals surface area contributed by atoms with E-state index in [1.54, 1.807) is 6.21 Å². The highest BCUT2D eigenvalue weighted by molar-refractivity contribution is 5.55. The van der Waals surface area contributed by atoms with Gasteiger partial charge in [-0.1, -0.05) is 0 Å². The van der Waals surface area contributed by atoms with Gasteiger partial charge in [0.15, 0.2) is 0 Å². The molecule has 1 heterocycles. The van der Waals surface area contributed by atoms with Crippen LogP contribution in [0, 0.1) is 6.92 Å². The van der Waals surface area contributed by atoms with Crippen LogP contribution in [0.25, 0.3) is 0 Å². The second-order valence-electron chi connectivity index (χ2n) is 2.04. The Morgan fingerprint density at radius 3 is 3.00 bits per heavy atom. The Balaban J connectivity index is 2.71. The lowest BCUT2D eigenvalue weighted by Crippen LogP contribution is -1.93. The first-order chi connectivity index (χ1) is 5.33. The number of aryl methyl sites for hydroxylation is 1. The number of rotatable bonds is 2. The summed E-state index contributed by atoms with van der Waals surface area (Å²) in [6.07, 6.45) is 3.17. The third-order valence-corrected chi connectivity index (χ3v) is 1.11. The summed E-state index contributed by atoms with van der Waals surface area (Å²) in [6, 6.07) is 1.83. The van der Waals surface area contributed by atoms with Crippen molar-refractivity contribution in [2.45, 2.75) is 13.8 Å². The van der Waals surface area contributed by atoms with E-state index in [1.165, 1.54) is 6.33 Å². The van der Waals surface area contributed by atoms with Gasteiger partial charge in [0.25, 0.3) is 0 Å². The molecule has 1 aromatic heterocycles. The Hall–Kier alpha value is -1.45. The normalized spacial score (nSPS) is 10.4. The third-order valence-electron chi connectivity index (χ3n) is 1.11. The van der Waals surface area contributed by atoms with Gasteiger partial charge in [-0.2, -0.15) is 5.10 Å². The standard InChI is InChI=1S/C7H10N4/c1-3-10-11-7-4-6(2)8-5-9-7/h3-5H,1-2H3,(H,8,9,11)/b10-3-. The highest BCUT2D eigenvalue weighted by Crippen LogP contribution is 2.01. The van der Waals surface area contributed by atoms with Gasteiger partial charge in [0.05, 0.1) is 0 Å². The van der Waals surface area contributed by atoms with Crippen molar-refractivity contribution in [3.05, 3.63) is 18.1 Å². The van der Waals surface area contributed by atoms with Crippen molar-refractivity contribution in [3.63, 3.8) is 0 Å². The predicted octanol–water partition coefficient (Wildman–Crippen LogP) is 1.20. The molecule has 11 heavy (non-hydrogen) atoms. The number of nitrogens with zero attached hydrogens (tertiary/aromatic N) is 3. The fourth-order valence-corrected chi connectivity index (χ4v) is 0.646. The minimum absolute atomic E-state index is 0.718. The fraction of sp³-hybridized carbons (Fsp3) is 0.286. The largest absolute Gasteiger partial charge is 0.262 e. The molecule has 0 aliphatic heterocycles. The van der Waals surface area contributed by atoms with Gasteiger partial charge in [-0.25, -0.2) is 9.97 Å². The minimum Gasteiger partial charge on any atom is -0.262 e. The molecule has 4 heteroatoms. The Morgan fingerprint density at radius 1 is 1.55 bits per heavy atom. The Kier molecular flexibility index (Phi) is 2.54. The summed E-state index contributed by atoms with van der Waals surface area (Å²) in [5.74, 6) is 0.718. The second kappa shape index (κ2) is 3.65. The molecule has 1 aromatic rings. The van der Waals surface area contributed by atoms with Crippen LogP contribution in [-0.4, -0.2) is 16.2 Å². The molecule has 0 aromatic carbocycles. The summed E-state index contributed by atoms with van der Waals surface area (Å²) in [6.45, 7) is 3.74. The molecule has 1 N–H and O–H groups in total. The van der Waals surface area contributed by atoms with Gasteiger partial charge < -0.3 is 0 Å². The van der Waals surface area contributed by atoms with Crippen molar-refractivity contribution in [1.29, 1.82) is 0 Å². The van der Waals surface area contributed by atoms with Gasteiger partial charge in [-0.15, -0.1) is 0 Å². The molecule has 0 saturated carbocycles. The molecule has 0 atom stereocenters. The molecule has 1 rings (SSSR count). The first-order valence-corrected chi connectivity index (χ1v) is 3.35. The molecule has 58 valence electrons. The molecule has 4 nitrogen and oxygen atoms in total. The first kappa shape index (κ1) is 7.65. The summed E-state index contributed by atoms with van der Waals surface area (Å²) in [5, 5.41) is 3.82. The van der Waals surface area contributed by atoms with E-state index >= 15 is 0 Å². The summed E-state index contributed by atoms with van der Waals surface area (Å²) in [4.78, 5) is 7.89. The van der Waals surface area contributed by atoms with Crippen LogP contribution in [0.3, 0.4) is 0 Å². The molecular weight excluding hydrogens is 140 g/mol. The summed E-state index contributed by atoms with van der Waals surface area (Å²) in [7, 11) is 0. The molecule has 0 aliphatic carbocycles. The van der Waals surface area contributed by atoms with Crippen molar-refractivity contribution < 1.29 is 0 Å². The monoisotopic (exact) mass is 150 g/mol. The van der Waals surface area contributed by atoms with Crippen molar-refractivity contribution in [1.82, 2.24) is 9.97 Å². The van der Waals surface area contributed by atoms with Gasteiger partial charge in [0, 0.05) is 18.0 Å². The Labute approximate surface area is 65.4 Å². The smallest absolute Gasteiger partial charge is 0.149 e. The van der Waals surface area contributed by atoms with Gasteiger partial charge >= 0.3 is 0 Å². The van der Waals surface area contributed by atoms with Crippen LogP contribution in [0.5, 0.6) is 0 Å². The fourth-order valence-electron chi connectivity index (χ4n) is 0.646. The maximum absolute atomic E-state index is 3.94. The molecule has 0 unspecified atom stereocenters. The summed E-state index contributed by atoms with van der Waals surface area (Å²) >= 11 is 0. The molecule has 0 spiro atoms. The maximum atomic E-state index is 3.94. The van der Waals surface area contributed by atoms with E-state index in [1.807, 2.05) is 19.9 Å². The molecule has 0 saturated heterocycles. The zero-order valence-corrected chi connectivity index (χ0v) is 6.57. The van der Waals surface area contributed by atoms with Crippen molar-refractivity contribution in [2.75, 3.05) is 5.43 Å². The van der Waals surface area contributed by atoms with Crippen LogP contribution in [-0.2, 0) is 0 Å². The number of hydrazone groups is 1. The summed E-state index contributed by atoms with van der Waals surface area (Å²) < 4.78 is 0. The van der Waals surface area contributed by atoms with E-state index in [-0.39, 0.29) is 0 Å². The lowest BCUT2D eigenvalue weighted by molar-refractivity contribution is 1.09. The van der Waals surface area contributed by atoms with Crippen LogP contribution in [0.2, 0.25) is 0 Å². The maximum Gasteiger partial charge on any atom is 0.149 e. The lowest BCUT2D eigenvalue weighted by Gasteiger charge is -1.97. The number of anilines is 1. The topological polar surface area (TPSA) is 50.2 Å². The molecule has 0 radical (unpaired) electrons. The minimum atomic E-state index is 0.718. The van der Waals surface area contributed by atoms with E-state index in [0.29, 0.717) is 0 Å². The van der Waals surface area contributed by atoms with Crippen LogP contribution in [0.15, 0.2) is 17.5 Å². The third kappa shape index (κ3) is 2.33. The Morgan fingerprint density at radius 2 is 2.36 bits per heavy atom. The molecule has 0 amide bonds. The first-order valence-electron chi connectivity index (χ1n) is 3.35. The van der Waals surface area contributed by atoms with Crippen LogP contribution in [0.4, 0.5) is 5.82 Å². The van der Waals surface area contributed by atoms with E-state index in [4.69, 9.17) is 0 Å². The number of aromatic nitrogens is 2. The zero-order valence-electron chi connectivity index (χ0n) is 6.57.